The van der Waals surface area contributed by atoms with Gasteiger partial charge in [-0.15, -0.1) is 6.42 Å². The van der Waals surface area contributed by atoms with E-state index in [1.807, 2.05) is 12.1 Å². The Bertz CT molecular complexity index is 2420. The van der Waals surface area contributed by atoms with E-state index in [-0.39, 0.29) is 12.2 Å². The molecule has 4 aromatic carbocycles. The van der Waals surface area contributed by atoms with E-state index in [1.165, 1.54) is 44.3 Å². The topological polar surface area (TPSA) is 23.4 Å². The minimum atomic E-state index is 0.0442. The van der Waals surface area contributed by atoms with Crippen LogP contribution < -0.4 is 10.2 Å². The lowest BCUT2D eigenvalue weighted by Crippen LogP contribution is -2.52. The Hall–Kier alpha value is -5.94. The second-order valence-corrected chi connectivity index (χ2v) is 13.5. The minimum absolute atomic E-state index is 0.0442. The van der Waals surface area contributed by atoms with E-state index < -0.39 is 0 Å². The third kappa shape index (κ3) is 4.61. The molecule has 4 aliphatic rings. The molecule has 5 aromatic rings. The van der Waals surface area contributed by atoms with Gasteiger partial charge in [0.2, 0.25) is 0 Å². The highest BCUT2D eigenvalue weighted by atomic mass is 15.4. The van der Waals surface area contributed by atoms with Crippen LogP contribution in [0.1, 0.15) is 36.6 Å². The lowest BCUT2D eigenvalue weighted by atomic mass is 9.90. The number of hydrogen-bond acceptors (Lipinski definition) is 3. The molecule has 4 heterocycles. The Kier molecular flexibility index (Phi) is 7.35. The monoisotopic (exact) mass is 646 g/mol. The third-order valence-electron chi connectivity index (χ3n) is 10.8. The molecular weight excluding hydrogens is 609 g/mol. The average Bonchev–Trinajstić information content (AvgIpc) is 3.47. The highest BCUT2D eigenvalue weighted by molar-refractivity contribution is 6.08. The molecule has 242 valence electrons. The number of hydrogen-bond donors (Lipinski definition) is 1. The molecule has 1 aliphatic carbocycles. The molecule has 0 spiro atoms. The summed E-state index contributed by atoms with van der Waals surface area (Å²) in [5.41, 5.74) is 13.2. The van der Waals surface area contributed by atoms with E-state index in [9.17, 15) is 0 Å². The second-order valence-electron chi connectivity index (χ2n) is 13.5. The van der Waals surface area contributed by atoms with Gasteiger partial charge in [-0.3, -0.25) is 4.90 Å². The van der Waals surface area contributed by atoms with Crippen LogP contribution in [0.3, 0.4) is 0 Å². The quantitative estimate of drug-likeness (QED) is 0.156. The van der Waals surface area contributed by atoms with Gasteiger partial charge in [-0.1, -0.05) is 84.8 Å². The molecule has 1 N–H and O–H groups in total. The number of aromatic nitrogens is 1. The number of fused-ring (bicyclic) bond motifs is 8. The number of dihydropyridines is 1. The molecule has 0 amide bonds. The summed E-state index contributed by atoms with van der Waals surface area (Å²) in [6, 6.07) is 31.3. The molecular formula is C46H38N4. The summed E-state index contributed by atoms with van der Waals surface area (Å²) in [7, 11) is 2.25. The summed E-state index contributed by atoms with van der Waals surface area (Å²) in [4.78, 5) is 5.04. The third-order valence-corrected chi connectivity index (χ3v) is 10.8. The van der Waals surface area contributed by atoms with Crippen LogP contribution in [-0.4, -0.2) is 35.3 Å². The molecule has 50 heavy (non-hydrogen) atoms. The van der Waals surface area contributed by atoms with Gasteiger partial charge < -0.3 is 14.8 Å². The number of likely N-dealkylation sites (N-methyl/N-ethyl adjacent to an activating group) is 1. The van der Waals surface area contributed by atoms with E-state index in [0.29, 0.717) is 0 Å². The van der Waals surface area contributed by atoms with E-state index in [4.69, 9.17) is 6.42 Å². The Morgan fingerprint density at radius 2 is 1.88 bits per heavy atom. The Labute approximate surface area is 294 Å². The van der Waals surface area contributed by atoms with Gasteiger partial charge in [-0.2, -0.15) is 0 Å². The van der Waals surface area contributed by atoms with Gasteiger partial charge in [0, 0.05) is 34.3 Å². The SMILES string of the molecule is C#C/C=C\C1=C(C)c2c(c3ccc#cc3n2-c2cc3ccccc3c3c2C=CCC3)-c2ccccc2N1C1CC=CC(C2=CCNC=C2)N1C. The predicted molar refractivity (Wildman–Crippen MR) is 209 cm³/mol. The van der Waals surface area contributed by atoms with Crippen molar-refractivity contribution in [1.82, 2.24) is 14.8 Å². The van der Waals surface area contributed by atoms with Crippen LogP contribution in [0.5, 0.6) is 0 Å². The number of benzene rings is 3. The number of aryl methyl sites for hydroxylation is 1. The van der Waals surface area contributed by atoms with Gasteiger partial charge in [-0.25, -0.2) is 0 Å². The maximum atomic E-state index is 5.96. The van der Waals surface area contributed by atoms with Crippen LogP contribution in [0.25, 0.3) is 50.1 Å². The fraction of sp³-hybridized carbons (Fsp3) is 0.174. The highest BCUT2D eigenvalue weighted by Crippen LogP contribution is 2.50. The summed E-state index contributed by atoms with van der Waals surface area (Å²) >= 11 is 0. The van der Waals surface area contributed by atoms with E-state index in [2.05, 4.69) is 161 Å². The summed E-state index contributed by atoms with van der Waals surface area (Å²) < 4.78 is 2.46. The summed E-state index contributed by atoms with van der Waals surface area (Å²) in [5.74, 6) is 2.81. The molecule has 2 unspecified atom stereocenters. The van der Waals surface area contributed by atoms with E-state index >= 15 is 0 Å². The molecule has 3 aliphatic heterocycles. The van der Waals surface area contributed by atoms with Gasteiger partial charge in [-0.05, 0) is 115 Å². The normalized spacial score (nSPS) is 19.9. The number of nitrogens with one attached hydrogen (secondary N) is 1. The van der Waals surface area contributed by atoms with Crippen molar-refractivity contribution in [1.29, 1.82) is 0 Å². The maximum Gasteiger partial charge on any atom is 0.105 e. The number of rotatable bonds is 4. The zero-order chi connectivity index (χ0) is 33.8. The number of para-hydroxylation sites is 1. The van der Waals surface area contributed by atoms with Crippen molar-refractivity contribution in [3.63, 3.8) is 0 Å². The average molecular weight is 647 g/mol. The molecule has 1 aromatic heterocycles. The molecule has 0 bridgehead atoms. The number of nitrogens with zero attached hydrogens (tertiary/aromatic N) is 3. The van der Waals surface area contributed by atoms with E-state index in [0.717, 1.165) is 59.4 Å². The van der Waals surface area contributed by atoms with Crippen LogP contribution in [-0.2, 0) is 6.42 Å². The van der Waals surface area contributed by atoms with Crippen molar-refractivity contribution in [2.45, 2.75) is 38.4 Å². The number of anilines is 1. The fourth-order valence-electron chi connectivity index (χ4n) is 8.59. The van der Waals surface area contributed by atoms with Crippen molar-refractivity contribution < 1.29 is 0 Å². The standard InChI is InChI=1S/C46H38N4/c1-4-5-21-39-31(2)46-45(37-19-10-12-22-41(37)49(39)44-25-14-24-40(48(44)3)32-26-28-47-29-27-32)38-20-11-13-23-42(38)50(46)43-30-33-15-6-7-16-34(33)35-17-8-9-18-36(35)43/h1,5-7,9-12,14-16,18-22,24,26-28,30,40,44,47H,8,17,25,29H2,2-3H3/b21-5-. The van der Waals surface area contributed by atoms with Crippen molar-refractivity contribution in [3.8, 4) is 29.2 Å². The molecule has 4 heteroatoms. The fourth-order valence-corrected chi connectivity index (χ4v) is 8.59. The van der Waals surface area contributed by atoms with Gasteiger partial charge >= 0.3 is 0 Å². The minimum Gasteiger partial charge on any atom is -0.387 e. The molecule has 9 rings (SSSR count). The highest BCUT2D eigenvalue weighted by Gasteiger charge is 2.37. The molecule has 0 radical (unpaired) electrons. The first-order valence-electron chi connectivity index (χ1n) is 17.5. The van der Waals surface area contributed by atoms with Gasteiger partial charge in [0.05, 0.1) is 29.3 Å². The van der Waals surface area contributed by atoms with Gasteiger partial charge in [0.1, 0.15) is 5.52 Å². The van der Waals surface area contributed by atoms with Crippen molar-refractivity contribution in [2.75, 3.05) is 18.5 Å². The summed E-state index contributed by atoms with van der Waals surface area (Å²) in [5, 5.41) is 7.05. The van der Waals surface area contributed by atoms with Gasteiger partial charge in [0.25, 0.3) is 0 Å². The van der Waals surface area contributed by atoms with E-state index in [1.54, 1.807) is 0 Å². The lowest BCUT2D eigenvalue weighted by Gasteiger charge is -2.45. The Balaban J connectivity index is 1.36. The Morgan fingerprint density at radius 3 is 2.76 bits per heavy atom. The van der Waals surface area contributed by atoms with Crippen LogP contribution in [0.4, 0.5) is 5.69 Å². The van der Waals surface area contributed by atoms with Crippen molar-refractivity contribution >= 4 is 39.0 Å². The molecule has 4 nitrogen and oxygen atoms in total. The summed E-state index contributed by atoms with van der Waals surface area (Å²) in [6.45, 7) is 3.11. The molecule has 0 fully saturated rings. The number of allylic oxidation sites excluding steroid dienone is 4. The lowest BCUT2D eigenvalue weighted by molar-refractivity contribution is 0.213. The first-order chi connectivity index (χ1) is 24.7. The van der Waals surface area contributed by atoms with Crippen LogP contribution in [0.15, 0.2) is 127 Å². The smallest absolute Gasteiger partial charge is 0.105 e. The molecule has 2 atom stereocenters. The number of terminal acetylenes is 1. The van der Waals surface area contributed by atoms with Crippen molar-refractivity contribution in [2.24, 2.45) is 0 Å². The maximum absolute atomic E-state index is 5.96. The molecule has 0 saturated heterocycles. The van der Waals surface area contributed by atoms with Crippen LogP contribution in [0.2, 0.25) is 0 Å². The Morgan fingerprint density at radius 1 is 1.00 bits per heavy atom. The largest absolute Gasteiger partial charge is 0.387 e. The van der Waals surface area contributed by atoms with Crippen LogP contribution >= 0.6 is 0 Å². The first kappa shape index (κ1) is 30.1. The van der Waals surface area contributed by atoms with Crippen molar-refractivity contribution in [3.05, 3.63) is 156 Å². The van der Waals surface area contributed by atoms with Crippen LogP contribution in [0, 0.1) is 24.5 Å². The predicted octanol–water partition coefficient (Wildman–Crippen LogP) is 9.38. The second kappa shape index (κ2) is 12.2. The zero-order valence-corrected chi connectivity index (χ0v) is 28.4. The zero-order valence-electron chi connectivity index (χ0n) is 28.4. The molecule has 0 saturated carbocycles. The van der Waals surface area contributed by atoms with Gasteiger partial charge in [0.15, 0.2) is 0 Å². The summed E-state index contributed by atoms with van der Waals surface area (Å²) in [6.07, 6.45) is 28.8. The first-order valence-corrected chi connectivity index (χ1v) is 17.5.